The Hall–Kier alpha value is -2.04. The first-order chi connectivity index (χ1) is 11.5. The number of urea groups is 1. The van der Waals surface area contributed by atoms with E-state index in [1.54, 1.807) is 7.05 Å². The van der Waals surface area contributed by atoms with Crippen molar-refractivity contribution < 1.29 is 9.59 Å². The van der Waals surface area contributed by atoms with Gasteiger partial charge in [0.2, 0.25) is 5.91 Å². The molecule has 2 aliphatic rings. The smallest absolute Gasteiger partial charge is 0.315 e. The number of likely N-dealkylation sites (tertiary alicyclic amines) is 1. The zero-order valence-electron chi connectivity index (χ0n) is 14.8. The van der Waals surface area contributed by atoms with E-state index in [0.29, 0.717) is 6.42 Å². The molecule has 0 aromatic heterocycles. The van der Waals surface area contributed by atoms with E-state index in [1.165, 1.54) is 16.7 Å². The van der Waals surface area contributed by atoms with Gasteiger partial charge in [-0.25, -0.2) is 4.79 Å². The number of amides is 3. The highest BCUT2D eigenvalue weighted by atomic mass is 16.2. The molecule has 1 atom stereocenters. The van der Waals surface area contributed by atoms with E-state index in [4.69, 9.17) is 0 Å². The minimum absolute atomic E-state index is 0.0493. The summed E-state index contributed by atoms with van der Waals surface area (Å²) in [5.74, 6) is 0.243. The minimum atomic E-state index is -0.136. The number of fused-ring (bicyclic) bond motifs is 2. The van der Waals surface area contributed by atoms with Crippen LogP contribution in [0.2, 0.25) is 0 Å². The van der Waals surface area contributed by atoms with Gasteiger partial charge < -0.3 is 15.5 Å². The molecular formula is C19H27N3O2. The molecule has 1 heterocycles. The van der Waals surface area contributed by atoms with Gasteiger partial charge in [0.15, 0.2) is 0 Å². The van der Waals surface area contributed by atoms with Crippen molar-refractivity contribution in [2.24, 2.45) is 0 Å². The van der Waals surface area contributed by atoms with Crippen LogP contribution in [-0.4, -0.2) is 37.0 Å². The van der Waals surface area contributed by atoms with Crippen LogP contribution in [0.3, 0.4) is 0 Å². The molecule has 24 heavy (non-hydrogen) atoms. The van der Waals surface area contributed by atoms with Crippen molar-refractivity contribution in [3.63, 3.8) is 0 Å². The minimum Gasteiger partial charge on any atom is -0.343 e. The van der Waals surface area contributed by atoms with E-state index in [1.807, 2.05) is 11.8 Å². The van der Waals surface area contributed by atoms with Gasteiger partial charge in [0, 0.05) is 32.0 Å². The van der Waals surface area contributed by atoms with Crippen molar-refractivity contribution in [3.8, 4) is 0 Å². The molecule has 1 aromatic rings. The lowest BCUT2D eigenvalue weighted by molar-refractivity contribution is -0.132. The van der Waals surface area contributed by atoms with Gasteiger partial charge >= 0.3 is 6.03 Å². The van der Waals surface area contributed by atoms with E-state index in [9.17, 15) is 9.59 Å². The lowest BCUT2D eigenvalue weighted by atomic mass is 9.73. The summed E-state index contributed by atoms with van der Waals surface area (Å²) < 4.78 is 0. The molecule has 1 spiro atoms. The first-order valence-electron chi connectivity index (χ1n) is 8.86. The Morgan fingerprint density at radius 1 is 1.29 bits per heavy atom. The summed E-state index contributed by atoms with van der Waals surface area (Å²) in [7, 11) is 1.64. The Balaban J connectivity index is 1.86. The van der Waals surface area contributed by atoms with E-state index in [0.717, 1.165) is 32.4 Å². The Bertz CT molecular complexity index is 648. The van der Waals surface area contributed by atoms with Crippen LogP contribution in [0.15, 0.2) is 18.2 Å². The fourth-order valence-electron chi connectivity index (χ4n) is 4.30. The molecule has 0 bridgehead atoms. The average molecular weight is 329 g/mol. The number of hydrogen-bond acceptors (Lipinski definition) is 2. The van der Waals surface area contributed by atoms with Gasteiger partial charge in [-0.1, -0.05) is 30.7 Å². The fourth-order valence-corrected chi connectivity index (χ4v) is 4.30. The van der Waals surface area contributed by atoms with Crippen molar-refractivity contribution in [2.45, 2.75) is 51.0 Å². The second kappa shape index (κ2) is 6.46. The van der Waals surface area contributed by atoms with Gasteiger partial charge in [0.1, 0.15) is 0 Å². The number of piperidine rings is 1. The average Bonchev–Trinajstić information content (AvgIpc) is 2.87. The molecule has 1 aliphatic heterocycles. The number of carbonyl (C=O) groups excluding carboxylic acids is 2. The second-order valence-corrected chi connectivity index (χ2v) is 7.09. The second-order valence-electron chi connectivity index (χ2n) is 7.09. The van der Waals surface area contributed by atoms with Gasteiger partial charge in [-0.05, 0) is 37.3 Å². The first kappa shape index (κ1) is 16.8. The summed E-state index contributed by atoms with van der Waals surface area (Å²) >= 11 is 0. The van der Waals surface area contributed by atoms with Crippen molar-refractivity contribution in [1.82, 2.24) is 15.5 Å². The summed E-state index contributed by atoms with van der Waals surface area (Å²) in [5, 5.41) is 5.75. The van der Waals surface area contributed by atoms with Crippen molar-refractivity contribution >= 4 is 11.9 Å². The lowest BCUT2D eigenvalue weighted by Gasteiger charge is -2.40. The highest BCUT2D eigenvalue weighted by Gasteiger charge is 2.46. The molecule has 2 N–H and O–H groups in total. The molecule has 1 saturated heterocycles. The van der Waals surface area contributed by atoms with Crippen LogP contribution in [-0.2, 0) is 10.2 Å². The lowest BCUT2D eigenvalue weighted by Crippen LogP contribution is -2.44. The molecule has 0 saturated carbocycles. The van der Waals surface area contributed by atoms with Crippen molar-refractivity contribution in [2.75, 3.05) is 20.1 Å². The summed E-state index contributed by atoms with van der Waals surface area (Å²) in [4.78, 5) is 25.8. The molecule has 1 aliphatic carbocycles. The third-order valence-corrected chi connectivity index (χ3v) is 5.66. The Labute approximate surface area is 143 Å². The highest BCUT2D eigenvalue weighted by Crippen LogP contribution is 2.51. The standard InChI is InChI=1S/C19H27N3O2/c1-4-17(23)22-9-7-19(8-10-22)12-16(21-18(24)20-3)14-11-13(2)5-6-15(14)19/h5-6,11,16H,4,7-10,12H2,1-3H3,(H2,20,21,24)/t16-/m1/s1. The maximum atomic E-state index is 12.0. The maximum absolute atomic E-state index is 12.0. The normalized spacial score (nSPS) is 21.5. The molecule has 1 aromatic carbocycles. The Morgan fingerprint density at radius 3 is 2.62 bits per heavy atom. The zero-order chi connectivity index (χ0) is 17.3. The van der Waals surface area contributed by atoms with E-state index < -0.39 is 0 Å². The SMILES string of the molecule is CCC(=O)N1CCC2(CC1)C[C@@H](NC(=O)NC)c1cc(C)ccc12. The van der Waals surface area contributed by atoms with Crippen LogP contribution >= 0.6 is 0 Å². The van der Waals surface area contributed by atoms with E-state index >= 15 is 0 Å². The van der Waals surface area contributed by atoms with Crippen molar-refractivity contribution in [3.05, 3.63) is 34.9 Å². The van der Waals surface area contributed by atoms with Gasteiger partial charge in [0.05, 0.1) is 6.04 Å². The fraction of sp³-hybridized carbons (Fsp3) is 0.579. The molecular weight excluding hydrogens is 302 g/mol. The number of rotatable bonds is 2. The largest absolute Gasteiger partial charge is 0.343 e. The first-order valence-corrected chi connectivity index (χ1v) is 8.86. The summed E-state index contributed by atoms with van der Waals surface area (Å²) in [5.41, 5.74) is 3.90. The monoisotopic (exact) mass is 329 g/mol. The Kier molecular flexibility index (Phi) is 4.52. The van der Waals surface area contributed by atoms with E-state index in [2.05, 4.69) is 35.8 Å². The van der Waals surface area contributed by atoms with Gasteiger partial charge in [-0.15, -0.1) is 0 Å². The molecule has 3 amide bonds. The quantitative estimate of drug-likeness (QED) is 0.876. The van der Waals surface area contributed by atoms with Crippen LogP contribution < -0.4 is 10.6 Å². The van der Waals surface area contributed by atoms with Gasteiger partial charge in [-0.3, -0.25) is 4.79 Å². The van der Waals surface area contributed by atoms with Crippen LogP contribution in [0, 0.1) is 6.92 Å². The number of hydrogen-bond donors (Lipinski definition) is 2. The molecule has 0 unspecified atom stereocenters. The summed E-state index contributed by atoms with van der Waals surface area (Å²) in [6.45, 7) is 5.63. The summed E-state index contributed by atoms with van der Waals surface area (Å²) in [6.07, 6.45) is 3.44. The van der Waals surface area contributed by atoms with Crippen LogP contribution in [0.25, 0.3) is 0 Å². The predicted molar refractivity (Wildman–Crippen MR) is 93.9 cm³/mol. The molecule has 130 valence electrons. The molecule has 5 nitrogen and oxygen atoms in total. The molecule has 1 fully saturated rings. The number of aryl methyl sites for hydroxylation is 1. The van der Waals surface area contributed by atoms with Crippen LogP contribution in [0.1, 0.15) is 55.3 Å². The van der Waals surface area contributed by atoms with Crippen LogP contribution in [0.5, 0.6) is 0 Å². The third-order valence-electron chi connectivity index (χ3n) is 5.66. The summed E-state index contributed by atoms with van der Waals surface area (Å²) in [6, 6.07) is 6.50. The van der Waals surface area contributed by atoms with Gasteiger partial charge in [0.25, 0.3) is 0 Å². The number of nitrogens with one attached hydrogen (secondary N) is 2. The highest BCUT2D eigenvalue weighted by molar-refractivity contribution is 5.76. The number of nitrogens with zero attached hydrogens (tertiary/aromatic N) is 1. The zero-order valence-corrected chi connectivity index (χ0v) is 14.8. The number of benzene rings is 1. The molecule has 3 rings (SSSR count). The maximum Gasteiger partial charge on any atom is 0.315 e. The predicted octanol–water partition coefficient (Wildman–Crippen LogP) is 2.64. The van der Waals surface area contributed by atoms with Gasteiger partial charge in [-0.2, -0.15) is 0 Å². The van der Waals surface area contributed by atoms with Crippen molar-refractivity contribution in [1.29, 1.82) is 0 Å². The topological polar surface area (TPSA) is 61.4 Å². The molecule has 0 radical (unpaired) electrons. The molecule has 5 heteroatoms. The Morgan fingerprint density at radius 2 is 2.00 bits per heavy atom. The van der Waals surface area contributed by atoms with Crippen LogP contribution in [0.4, 0.5) is 4.79 Å². The number of carbonyl (C=O) groups is 2. The third kappa shape index (κ3) is 2.87. The van der Waals surface area contributed by atoms with E-state index in [-0.39, 0.29) is 23.4 Å².